The van der Waals surface area contributed by atoms with Crippen molar-refractivity contribution in [1.29, 1.82) is 5.26 Å². The third-order valence-electron chi connectivity index (χ3n) is 3.39. The molecule has 90 valence electrons. The Morgan fingerprint density at radius 1 is 1.33 bits per heavy atom. The van der Waals surface area contributed by atoms with Crippen molar-refractivity contribution in [1.82, 2.24) is 4.98 Å². The predicted octanol–water partition coefficient (Wildman–Crippen LogP) is 3.32. The number of hydrogen-bond donors (Lipinski definition) is 1. The van der Waals surface area contributed by atoms with Gasteiger partial charge in [0.15, 0.2) is 0 Å². The lowest BCUT2D eigenvalue weighted by atomic mass is 10.1. The first-order valence-electron chi connectivity index (χ1n) is 6.40. The van der Waals surface area contributed by atoms with E-state index in [1.165, 1.54) is 19.3 Å². The van der Waals surface area contributed by atoms with Crippen LogP contribution in [0.4, 0.5) is 5.82 Å². The van der Waals surface area contributed by atoms with Gasteiger partial charge in [0.25, 0.3) is 0 Å². The molecule has 1 aliphatic rings. The van der Waals surface area contributed by atoms with Crippen LogP contribution in [0, 0.1) is 17.2 Å². The summed E-state index contributed by atoms with van der Waals surface area (Å²) in [7, 11) is 0. The van der Waals surface area contributed by atoms with E-state index in [0.717, 1.165) is 29.2 Å². The molecule has 0 radical (unpaired) electrons. The first-order chi connectivity index (χ1) is 8.86. The van der Waals surface area contributed by atoms with E-state index in [2.05, 4.69) is 16.4 Å². The monoisotopic (exact) mass is 237 g/mol. The summed E-state index contributed by atoms with van der Waals surface area (Å²) in [6.45, 7) is 0.945. The third-order valence-corrected chi connectivity index (χ3v) is 3.39. The van der Waals surface area contributed by atoms with Crippen molar-refractivity contribution >= 4 is 16.7 Å². The fourth-order valence-electron chi connectivity index (χ4n) is 2.17. The van der Waals surface area contributed by atoms with Gasteiger partial charge in [-0.05, 0) is 24.5 Å². The molecule has 1 aromatic carbocycles. The molecule has 1 N–H and O–H groups in total. The summed E-state index contributed by atoms with van der Waals surface area (Å²) >= 11 is 0. The van der Waals surface area contributed by atoms with E-state index in [4.69, 9.17) is 0 Å². The Morgan fingerprint density at radius 2 is 2.17 bits per heavy atom. The zero-order valence-electron chi connectivity index (χ0n) is 10.2. The molecular formula is C15H15N3. The number of nitriles is 1. The molecule has 2 aromatic rings. The number of aromatic nitrogens is 1. The van der Waals surface area contributed by atoms with E-state index in [9.17, 15) is 5.26 Å². The van der Waals surface area contributed by atoms with Gasteiger partial charge in [-0.2, -0.15) is 5.26 Å². The maximum Gasteiger partial charge on any atom is 0.127 e. The van der Waals surface area contributed by atoms with Crippen LogP contribution in [0.3, 0.4) is 0 Å². The van der Waals surface area contributed by atoms with Gasteiger partial charge < -0.3 is 5.32 Å². The molecule has 3 heteroatoms. The van der Waals surface area contributed by atoms with E-state index in [-0.39, 0.29) is 0 Å². The van der Waals surface area contributed by atoms with Gasteiger partial charge in [0.05, 0.1) is 17.1 Å². The van der Waals surface area contributed by atoms with E-state index in [1.54, 1.807) is 0 Å². The minimum atomic E-state index is 0.689. The molecule has 0 aliphatic heterocycles. The van der Waals surface area contributed by atoms with Crippen LogP contribution in [0.1, 0.15) is 24.8 Å². The Balaban J connectivity index is 1.85. The molecule has 3 nitrogen and oxygen atoms in total. The van der Waals surface area contributed by atoms with Crippen LogP contribution >= 0.6 is 0 Å². The summed E-state index contributed by atoms with van der Waals surface area (Å²) in [6, 6.07) is 11.9. The average molecular weight is 237 g/mol. The van der Waals surface area contributed by atoms with Gasteiger partial charge in [0, 0.05) is 11.9 Å². The molecule has 1 aromatic heterocycles. The minimum Gasteiger partial charge on any atom is -0.370 e. The van der Waals surface area contributed by atoms with Gasteiger partial charge in [-0.25, -0.2) is 4.98 Å². The number of hydrogen-bond acceptors (Lipinski definition) is 3. The standard InChI is InChI=1S/C15H15N3/c16-10-12-9-15(17-8-7-11-5-6-11)18-14-4-2-1-3-13(12)14/h1-4,9,11H,5-8H2,(H,17,18). The Morgan fingerprint density at radius 3 is 2.94 bits per heavy atom. The van der Waals surface area contributed by atoms with Crippen molar-refractivity contribution in [3.8, 4) is 6.07 Å². The smallest absolute Gasteiger partial charge is 0.127 e. The van der Waals surface area contributed by atoms with Crippen molar-refractivity contribution in [3.05, 3.63) is 35.9 Å². The SMILES string of the molecule is N#Cc1cc(NCCC2CC2)nc2ccccc12. The molecular weight excluding hydrogens is 222 g/mol. The summed E-state index contributed by atoms with van der Waals surface area (Å²) in [6.07, 6.45) is 3.95. The highest BCUT2D eigenvalue weighted by Gasteiger charge is 2.20. The Bertz CT molecular complexity index is 609. The zero-order chi connectivity index (χ0) is 12.4. The fraction of sp³-hybridized carbons (Fsp3) is 0.333. The predicted molar refractivity (Wildman–Crippen MR) is 72.3 cm³/mol. The fourth-order valence-corrected chi connectivity index (χ4v) is 2.17. The normalized spacial score (nSPS) is 14.4. The van der Waals surface area contributed by atoms with Gasteiger partial charge in [0.1, 0.15) is 5.82 Å². The summed E-state index contributed by atoms with van der Waals surface area (Å²) in [5, 5.41) is 13.4. The van der Waals surface area contributed by atoms with Crippen LogP contribution in [-0.2, 0) is 0 Å². The lowest BCUT2D eigenvalue weighted by Crippen LogP contribution is -2.04. The number of rotatable bonds is 4. The number of pyridine rings is 1. The molecule has 0 atom stereocenters. The third kappa shape index (κ3) is 2.28. The van der Waals surface area contributed by atoms with Gasteiger partial charge in [-0.1, -0.05) is 31.0 Å². The first kappa shape index (κ1) is 11.0. The van der Waals surface area contributed by atoms with Gasteiger partial charge in [-0.15, -0.1) is 0 Å². The van der Waals surface area contributed by atoms with Gasteiger partial charge in [0.2, 0.25) is 0 Å². The van der Waals surface area contributed by atoms with Crippen LogP contribution in [0.15, 0.2) is 30.3 Å². The molecule has 0 saturated heterocycles. The number of nitrogens with one attached hydrogen (secondary N) is 1. The molecule has 18 heavy (non-hydrogen) atoms. The number of nitrogens with zero attached hydrogens (tertiary/aromatic N) is 2. The van der Waals surface area contributed by atoms with E-state index < -0.39 is 0 Å². The number of para-hydroxylation sites is 1. The quantitative estimate of drug-likeness (QED) is 0.887. The second kappa shape index (κ2) is 4.66. The van der Waals surface area contributed by atoms with Crippen LogP contribution in [0.25, 0.3) is 10.9 Å². The highest BCUT2D eigenvalue weighted by atomic mass is 15.0. The minimum absolute atomic E-state index is 0.689. The molecule has 1 heterocycles. The number of anilines is 1. The number of benzene rings is 1. The highest BCUT2D eigenvalue weighted by molar-refractivity contribution is 5.86. The molecule has 3 rings (SSSR count). The summed E-state index contributed by atoms with van der Waals surface area (Å²) in [5.74, 6) is 1.72. The Labute approximate surface area is 106 Å². The summed E-state index contributed by atoms with van der Waals surface area (Å²) < 4.78 is 0. The largest absolute Gasteiger partial charge is 0.370 e. The van der Waals surface area contributed by atoms with Crippen LogP contribution in [0.5, 0.6) is 0 Å². The van der Waals surface area contributed by atoms with E-state index in [1.807, 2.05) is 30.3 Å². The molecule has 0 bridgehead atoms. The topological polar surface area (TPSA) is 48.7 Å². The van der Waals surface area contributed by atoms with Gasteiger partial charge in [-0.3, -0.25) is 0 Å². The Hall–Kier alpha value is -2.08. The average Bonchev–Trinajstić information content (AvgIpc) is 3.22. The molecule has 0 amide bonds. The number of fused-ring (bicyclic) bond motifs is 1. The van der Waals surface area contributed by atoms with Crippen molar-refractivity contribution in [2.75, 3.05) is 11.9 Å². The Kier molecular flexibility index (Phi) is 2.85. The van der Waals surface area contributed by atoms with Gasteiger partial charge >= 0.3 is 0 Å². The maximum absolute atomic E-state index is 9.18. The zero-order valence-corrected chi connectivity index (χ0v) is 10.2. The maximum atomic E-state index is 9.18. The molecule has 1 saturated carbocycles. The first-order valence-corrected chi connectivity index (χ1v) is 6.40. The van der Waals surface area contributed by atoms with E-state index in [0.29, 0.717) is 5.56 Å². The lowest BCUT2D eigenvalue weighted by Gasteiger charge is -2.07. The molecule has 1 aliphatic carbocycles. The van der Waals surface area contributed by atoms with Crippen molar-refractivity contribution < 1.29 is 0 Å². The van der Waals surface area contributed by atoms with E-state index >= 15 is 0 Å². The van der Waals surface area contributed by atoms with Crippen molar-refractivity contribution in [3.63, 3.8) is 0 Å². The molecule has 0 spiro atoms. The second-order valence-electron chi connectivity index (χ2n) is 4.84. The van der Waals surface area contributed by atoms with Crippen LogP contribution < -0.4 is 5.32 Å². The summed E-state index contributed by atoms with van der Waals surface area (Å²) in [4.78, 5) is 4.54. The van der Waals surface area contributed by atoms with Crippen molar-refractivity contribution in [2.24, 2.45) is 5.92 Å². The summed E-state index contributed by atoms with van der Waals surface area (Å²) in [5.41, 5.74) is 1.57. The molecule has 0 unspecified atom stereocenters. The van der Waals surface area contributed by atoms with Crippen LogP contribution in [0.2, 0.25) is 0 Å². The second-order valence-corrected chi connectivity index (χ2v) is 4.84. The lowest BCUT2D eigenvalue weighted by molar-refractivity contribution is 0.758. The highest BCUT2D eigenvalue weighted by Crippen LogP contribution is 2.32. The van der Waals surface area contributed by atoms with Crippen molar-refractivity contribution in [2.45, 2.75) is 19.3 Å². The van der Waals surface area contributed by atoms with Crippen LogP contribution in [-0.4, -0.2) is 11.5 Å². The molecule has 1 fully saturated rings.